The van der Waals surface area contributed by atoms with Gasteiger partial charge in [0.15, 0.2) is 0 Å². The number of quaternary nitrogens is 1. The Hall–Kier alpha value is -2.60. The smallest absolute Gasteiger partial charge is 0.230 e. The Bertz CT molecular complexity index is 811. The van der Waals surface area contributed by atoms with Crippen molar-refractivity contribution in [3.8, 4) is 11.4 Å². The van der Waals surface area contributed by atoms with Crippen LogP contribution in [0, 0.1) is 5.82 Å². The number of halogens is 1. The zero-order valence-corrected chi connectivity index (χ0v) is 13.9. The lowest BCUT2D eigenvalue weighted by atomic mass is 9.96. The SMILES string of the molecule is Fc1ccc(-c2noc(C3CC[NH+](Cc4cccnc4)CC3)n2)cc1. The third kappa shape index (κ3) is 3.74. The maximum atomic E-state index is 13.0. The molecule has 1 aromatic carbocycles. The van der Waals surface area contributed by atoms with Crippen molar-refractivity contribution in [2.24, 2.45) is 0 Å². The zero-order chi connectivity index (χ0) is 17.1. The van der Waals surface area contributed by atoms with Crippen molar-refractivity contribution < 1.29 is 13.8 Å². The summed E-state index contributed by atoms with van der Waals surface area (Å²) >= 11 is 0. The number of benzene rings is 1. The quantitative estimate of drug-likeness (QED) is 0.792. The monoisotopic (exact) mass is 339 g/mol. The molecule has 5 nitrogen and oxygen atoms in total. The van der Waals surface area contributed by atoms with Crippen molar-refractivity contribution in [1.82, 2.24) is 15.1 Å². The van der Waals surface area contributed by atoms with Gasteiger partial charge in [-0.05, 0) is 30.3 Å². The lowest BCUT2D eigenvalue weighted by Gasteiger charge is -2.27. The minimum atomic E-state index is -0.267. The van der Waals surface area contributed by atoms with Crippen LogP contribution in [0.2, 0.25) is 0 Å². The van der Waals surface area contributed by atoms with Gasteiger partial charge in [-0.2, -0.15) is 4.98 Å². The third-order valence-electron chi connectivity index (χ3n) is 4.76. The van der Waals surface area contributed by atoms with Gasteiger partial charge in [0, 0.05) is 42.3 Å². The highest BCUT2D eigenvalue weighted by Gasteiger charge is 2.27. The number of hydrogen-bond acceptors (Lipinski definition) is 4. The molecule has 0 saturated carbocycles. The Labute approximate surface area is 145 Å². The number of aromatic nitrogens is 3. The molecule has 1 aliphatic rings. The number of rotatable bonds is 4. The topological polar surface area (TPSA) is 56.2 Å². The predicted molar refractivity (Wildman–Crippen MR) is 90.3 cm³/mol. The summed E-state index contributed by atoms with van der Waals surface area (Å²) in [5.74, 6) is 1.26. The Balaban J connectivity index is 1.37. The first-order valence-corrected chi connectivity index (χ1v) is 8.60. The molecule has 0 aliphatic carbocycles. The molecule has 3 heterocycles. The average molecular weight is 339 g/mol. The molecule has 1 saturated heterocycles. The fraction of sp³-hybridized carbons (Fsp3) is 0.316. The van der Waals surface area contributed by atoms with E-state index in [1.54, 1.807) is 23.2 Å². The summed E-state index contributed by atoms with van der Waals surface area (Å²) < 4.78 is 18.5. The van der Waals surface area contributed by atoms with Crippen LogP contribution in [0.5, 0.6) is 0 Å². The van der Waals surface area contributed by atoms with Crippen molar-refractivity contribution in [3.63, 3.8) is 0 Å². The van der Waals surface area contributed by atoms with Crippen LogP contribution in [0.15, 0.2) is 53.3 Å². The van der Waals surface area contributed by atoms with Crippen molar-refractivity contribution in [3.05, 3.63) is 66.1 Å². The fourth-order valence-corrected chi connectivity index (χ4v) is 3.36. The van der Waals surface area contributed by atoms with Gasteiger partial charge in [0.1, 0.15) is 12.4 Å². The van der Waals surface area contributed by atoms with Gasteiger partial charge >= 0.3 is 0 Å². The second-order valence-corrected chi connectivity index (χ2v) is 6.53. The first-order chi connectivity index (χ1) is 12.3. The predicted octanol–water partition coefficient (Wildman–Crippen LogP) is 2.23. The highest BCUT2D eigenvalue weighted by molar-refractivity contribution is 5.53. The molecule has 128 valence electrons. The van der Waals surface area contributed by atoms with E-state index in [0.717, 1.165) is 38.0 Å². The molecule has 0 radical (unpaired) electrons. The molecule has 0 amide bonds. The molecule has 1 aliphatic heterocycles. The summed E-state index contributed by atoms with van der Waals surface area (Å²) in [5.41, 5.74) is 2.04. The summed E-state index contributed by atoms with van der Waals surface area (Å²) in [6.07, 6.45) is 5.80. The maximum Gasteiger partial charge on any atom is 0.230 e. The standard InChI is InChI=1S/C19H19FN4O/c20-17-5-3-15(4-6-17)18-22-19(25-23-18)16-7-10-24(11-8-16)13-14-2-1-9-21-12-14/h1-6,9,12,16H,7-8,10-11,13H2/p+1. The van der Waals surface area contributed by atoms with Crippen LogP contribution in [0.25, 0.3) is 11.4 Å². The Kier molecular flexibility index (Phi) is 4.52. The van der Waals surface area contributed by atoms with Crippen LogP contribution >= 0.6 is 0 Å². The van der Waals surface area contributed by atoms with Gasteiger partial charge < -0.3 is 9.42 Å². The second-order valence-electron chi connectivity index (χ2n) is 6.53. The van der Waals surface area contributed by atoms with E-state index < -0.39 is 0 Å². The minimum Gasteiger partial charge on any atom is -0.339 e. The first kappa shape index (κ1) is 15.9. The highest BCUT2D eigenvalue weighted by atomic mass is 19.1. The Morgan fingerprint density at radius 2 is 1.92 bits per heavy atom. The van der Waals surface area contributed by atoms with Crippen molar-refractivity contribution in [2.45, 2.75) is 25.3 Å². The molecule has 25 heavy (non-hydrogen) atoms. The van der Waals surface area contributed by atoms with Crippen LogP contribution < -0.4 is 4.90 Å². The number of pyridine rings is 1. The molecule has 0 spiro atoms. The summed E-state index contributed by atoms with van der Waals surface area (Å²) in [7, 11) is 0. The molecule has 1 fully saturated rings. The van der Waals surface area contributed by atoms with Crippen molar-refractivity contribution >= 4 is 0 Å². The summed E-state index contributed by atoms with van der Waals surface area (Å²) in [5, 5.41) is 4.05. The number of likely N-dealkylation sites (tertiary alicyclic amines) is 1. The molecule has 4 rings (SSSR count). The lowest BCUT2D eigenvalue weighted by molar-refractivity contribution is -0.919. The van der Waals surface area contributed by atoms with Gasteiger partial charge in [0.05, 0.1) is 13.1 Å². The zero-order valence-electron chi connectivity index (χ0n) is 13.9. The first-order valence-electron chi connectivity index (χ1n) is 8.60. The number of nitrogens with zero attached hydrogens (tertiary/aromatic N) is 3. The molecular formula is C19H20FN4O+. The van der Waals surface area contributed by atoms with E-state index in [2.05, 4.69) is 21.2 Å². The van der Waals surface area contributed by atoms with Crippen molar-refractivity contribution in [2.75, 3.05) is 13.1 Å². The van der Waals surface area contributed by atoms with Crippen LogP contribution in [0.1, 0.15) is 30.2 Å². The Morgan fingerprint density at radius 3 is 2.64 bits per heavy atom. The van der Waals surface area contributed by atoms with Gasteiger partial charge in [-0.3, -0.25) is 4.98 Å². The van der Waals surface area contributed by atoms with Crippen LogP contribution in [0.4, 0.5) is 4.39 Å². The second kappa shape index (κ2) is 7.11. The fourth-order valence-electron chi connectivity index (χ4n) is 3.36. The van der Waals surface area contributed by atoms with Gasteiger partial charge in [0.25, 0.3) is 0 Å². The molecule has 3 aromatic rings. The van der Waals surface area contributed by atoms with Gasteiger partial charge in [-0.15, -0.1) is 0 Å². The lowest BCUT2D eigenvalue weighted by Crippen LogP contribution is -3.11. The number of piperidine rings is 1. The van der Waals surface area contributed by atoms with E-state index in [9.17, 15) is 4.39 Å². The van der Waals surface area contributed by atoms with E-state index in [1.165, 1.54) is 17.7 Å². The molecule has 0 unspecified atom stereocenters. The minimum absolute atomic E-state index is 0.267. The summed E-state index contributed by atoms with van der Waals surface area (Å²) in [6.45, 7) is 3.16. The normalized spacial score (nSPS) is 20.5. The third-order valence-corrected chi connectivity index (χ3v) is 4.76. The van der Waals surface area contributed by atoms with E-state index in [-0.39, 0.29) is 5.82 Å². The van der Waals surface area contributed by atoms with E-state index in [1.807, 2.05) is 12.3 Å². The molecule has 2 aromatic heterocycles. The Morgan fingerprint density at radius 1 is 1.12 bits per heavy atom. The van der Waals surface area contributed by atoms with Crippen molar-refractivity contribution in [1.29, 1.82) is 0 Å². The van der Waals surface area contributed by atoms with E-state index in [0.29, 0.717) is 17.6 Å². The maximum absolute atomic E-state index is 13.0. The van der Waals surface area contributed by atoms with Crippen LogP contribution in [0.3, 0.4) is 0 Å². The van der Waals surface area contributed by atoms with Crippen LogP contribution in [-0.4, -0.2) is 28.2 Å². The highest BCUT2D eigenvalue weighted by Crippen LogP contribution is 2.25. The van der Waals surface area contributed by atoms with Gasteiger partial charge in [-0.1, -0.05) is 11.2 Å². The summed E-state index contributed by atoms with van der Waals surface area (Å²) in [4.78, 5) is 10.3. The van der Waals surface area contributed by atoms with E-state index in [4.69, 9.17) is 4.52 Å². The largest absolute Gasteiger partial charge is 0.339 e. The van der Waals surface area contributed by atoms with E-state index >= 15 is 0 Å². The molecule has 0 atom stereocenters. The number of hydrogen-bond donors (Lipinski definition) is 1. The molecule has 1 N–H and O–H groups in total. The average Bonchev–Trinajstić information content (AvgIpc) is 3.14. The summed E-state index contributed by atoms with van der Waals surface area (Å²) in [6, 6.07) is 10.3. The van der Waals surface area contributed by atoms with Gasteiger partial charge in [0.2, 0.25) is 11.7 Å². The van der Waals surface area contributed by atoms with Crippen LogP contribution in [-0.2, 0) is 6.54 Å². The van der Waals surface area contributed by atoms with Gasteiger partial charge in [-0.25, -0.2) is 4.39 Å². The molecule has 6 heteroatoms. The molecule has 0 bridgehead atoms. The molecular weight excluding hydrogens is 319 g/mol. The number of nitrogens with one attached hydrogen (secondary N) is 1.